The average Bonchev–Trinajstić information content (AvgIpc) is 2.45. The van der Waals surface area contributed by atoms with Gasteiger partial charge in [-0.2, -0.15) is 0 Å². The van der Waals surface area contributed by atoms with Gasteiger partial charge >= 0.3 is 0 Å². The molecule has 0 aliphatic carbocycles. The van der Waals surface area contributed by atoms with E-state index in [0.29, 0.717) is 13.0 Å². The molecule has 0 fully saturated rings. The SMILES string of the molecule is COc1cc(CC(=O)NCC(C)(C)CCCO)ccc1C. The van der Waals surface area contributed by atoms with Gasteiger partial charge in [0.1, 0.15) is 5.75 Å². The van der Waals surface area contributed by atoms with Crippen LogP contribution in [0, 0.1) is 12.3 Å². The maximum Gasteiger partial charge on any atom is 0.224 e. The molecule has 118 valence electrons. The van der Waals surface area contributed by atoms with Crippen LogP contribution in [-0.4, -0.2) is 31.3 Å². The van der Waals surface area contributed by atoms with E-state index in [1.807, 2.05) is 25.1 Å². The topological polar surface area (TPSA) is 58.6 Å². The average molecular weight is 293 g/mol. The number of hydrogen-bond acceptors (Lipinski definition) is 3. The summed E-state index contributed by atoms with van der Waals surface area (Å²) in [6.45, 7) is 6.98. The third-order valence-corrected chi connectivity index (χ3v) is 3.61. The van der Waals surface area contributed by atoms with Gasteiger partial charge in [0.05, 0.1) is 13.5 Å². The van der Waals surface area contributed by atoms with Crippen molar-refractivity contribution in [2.45, 2.75) is 40.0 Å². The molecule has 1 aromatic carbocycles. The molecule has 0 saturated carbocycles. The zero-order valence-electron chi connectivity index (χ0n) is 13.5. The summed E-state index contributed by atoms with van der Waals surface area (Å²) < 4.78 is 5.27. The third-order valence-electron chi connectivity index (χ3n) is 3.61. The Balaban J connectivity index is 2.50. The molecule has 0 aliphatic heterocycles. The molecule has 0 unspecified atom stereocenters. The predicted octanol–water partition coefficient (Wildman–Crippen LogP) is 2.46. The molecule has 0 saturated heterocycles. The largest absolute Gasteiger partial charge is 0.496 e. The van der Waals surface area contributed by atoms with Crippen molar-refractivity contribution in [3.8, 4) is 5.75 Å². The summed E-state index contributed by atoms with van der Waals surface area (Å²) in [5, 5.41) is 11.8. The van der Waals surface area contributed by atoms with Gasteiger partial charge in [0.25, 0.3) is 0 Å². The van der Waals surface area contributed by atoms with E-state index in [9.17, 15) is 4.79 Å². The lowest BCUT2D eigenvalue weighted by molar-refractivity contribution is -0.120. The van der Waals surface area contributed by atoms with Crippen LogP contribution in [0.1, 0.15) is 37.8 Å². The highest BCUT2D eigenvalue weighted by atomic mass is 16.5. The van der Waals surface area contributed by atoms with Gasteiger partial charge in [0, 0.05) is 13.2 Å². The zero-order valence-corrected chi connectivity index (χ0v) is 13.5. The van der Waals surface area contributed by atoms with Crippen molar-refractivity contribution in [2.75, 3.05) is 20.3 Å². The van der Waals surface area contributed by atoms with E-state index in [1.165, 1.54) is 0 Å². The fourth-order valence-electron chi connectivity index (χ4n) is 2.21. The minimum Gasteiger partial charge on any atom is -0.496 e. The molecule has 1 rings (SSSR count). The smallest absolute Gasteiger partial charge is 0.224 e. The van der Waals surface area contributed by atoms with E-state index in [4.69, 9.17) is 9.84 Å². The molecule has 4 heteroatoms. The van der Waals surface area contributed by atoms with Gasteiger partial charge in [-0.3, -0.25) is 4.79 Å². The maximum atomic E-state index is 12.0. The lowest BCUT2D eigenvalue weighted by atomic mass is 9.88. The van der Waals surface area contributed by atoms with Crippen molar-refractivity contribution in [2.24, 2.45) is 5.41 Å². The number of carbonyl (C=O) groups excluding carboxylic acids is 1. The summed E-state index contributed by atoms with van der Waals surface area (Å²) in [6.07, 6.45) is 2.01. The van der Waals surface area contributed by atoms with Crippen LogP contribution in [0.15, 0.2) is 18.2 Å². The first-order valence-corrected chi connectivity index (χ1v) is 7.39. The molecule has 1 amide bonds. The van der Waals surface area contributed by atoms with Crippen molar-refractivity contribution in [1.82, 2.24) is 5.32 Å². The second-order valence-corrected chi connectivity index (χ2v) is 6.25. The van der Waals surface area contributed by atoms with Crippen molar-refractivity contribution >= 4 is 5.91 Å². The molecule has 4 nitrogen and oxygen atoms in total. The van der Waals surface area contributed by atoms with Crippen molar-refractivity contribution < 1.29 is 14.6 Å². The van der Waals surface area contributed by atoms with Gasteiger partial charge in [-0.25, -0.2) is 0 Å². The molecule has 0 aromatic heterocycles. The van der Waals surface area contributed by atoms with Crippen LogP contribution in [0.2, 0.25) is 0 Å². The van der Waals surface area contributed by atoms with E-state index < -0.39 is 0 Å². The first-order valence-electron chi connectivity index (χ1n) is 7.39. The van der Waals surface area contributed by atoms with Gasteiger partial charge < -0.3 is 15.2 Å². The molecule has 0 atom stereocenters. The summed E-state index contributed by atoms with van der Waals surface area (Å²) in [5.41, 5.74) is 2.01. The summed E-state index contributed by atoms with van der Waals surface area (Å²) in [5.74, 6) is 0.821. The fraction of sp³-hybridized carbons (Fsp3) is 0.588. The lowest BCUT2D eigenvalue weighted by Crippen LogP contribution is -2.35. The number of hydrogen-bond donors (Lipinski definition) is 2. The number of aryl methyl sites for hydroxylation is 1. The number of aliphatic hydroxyl groups excluding tert-OH is 1. The van der Waals surface area contributed by atoms with Crippen molar-refractivity contribution in [3.63, 3.8) is 0 Å². The molecular formula is C17H27NO3. The first-order chi connectivity index (χ1) is 9.88. The van der Waals surface area contributed by atoms with Crippen LogP contribution < -0.4 is 10.1 Å². The van der Waals surface area contributed by atoms with Crippen molar-refractivity contribution in [3.05, 3.63) is 29.3 Å². The summed E-state index contributed by atoms with van der Waals surface area (Å²) in [7, 11) is 1.63. The molecule has 1 aromatic rings. The Hall–Kier alpha value is -1.55. The summed E-state index contributed by atoms with van der Waals surface area (Å²) in [4.78, 5) is 12.0. The molecule has 0 bridgehead atoms. The summed E-state index contributed by atoms with van der Waals surface area (Å²) >= 11 is 0. The van der Waals surface area contributed by atoms with Crippen LogP contribution in [0.5, 0.6) is 5.75 Å². The molecule has 0 heterocycles. The second kappa shape index (κ2) is 8.03. The van der Waals surface area contributed by atoms with E-state index in [0.717, 1.165) is 29.7 Å². The quantitative estimate of drug-likeness (QED) is 0.774. The maximum absolute atomic E-state index is 12.0. The number of aliphatic hydroxyl groups is 1. The Labute approximate surface area is 127 Å². The standard InChI is InChI=1S/C17H27NO3/c1-13-6-7-14(10-15(13)21-4)11-16(20)18-12-17(2,3)8-5-9-19/h6-7,10,19H,5,8-9,11-12H2,1-4H3,(H,18,20). The van der Waals surface area contributed by atoms with Gasteiger partial charge in [-0.05, 0) is 42.4 Å². The van der Waals surface area contributed by atoms with Gasteiger partial charge in [0.15, 0.2) is 0 Å². The Morgan fingerprint density at radius 2 is 2.10 bits per heavy atom. The van der Waals surface area contributed by atoms with Crippen LogP contribution >= 0.6 is 0 Å². The number of amides is 1. The van der Waals surface area contributed by atoms with E-state index in [1.54, 1.807) is 7.11 Å². The number of ether oxygens (including phenoxy) is 1. The van der Waals surface area contributed by atoms with Crippen LogP contribution in [0.4, 0.5) is 0 Å². The van der Waals surface area contributed by atoms with Crippen LogP contribution in [-0.2, 0) is 11.2 Å². The Morgan fingerprint density at radius 1 is 1.38 bits per heavy atom. The molecule has 21 heavy (non-hydrogen) atoms. The highest BCUT2D eigenvalue weighted by Crippen LogP contribution is 2.21. The van der Waals surface area contributed by atoms with Gasteiger partial charge in [-0.15, -0.1) is 0 Å². The molecule has 2 N–H and O–H groups in total. The van der Waals surface area contributed by atoms with Crippen molar-refractivity contribution in [1.29, 1.82) is 0 Å². The predicted molar refractivity (Wildman–Crippen MR) is 84.5 cm³/mol. The Morgan fingerprint density at radius 3 is 2.71 bits per heavy atom. The third kappa shape index (κ3) is 6.17. The Bertz CT molecular complexity index is 469. The minimum absolute atomic E-state index is 0.00333. The van der Waals surface area contributed by atoms with Gasteiger partial charge in [-0.1, -0.05) is 26.0 Å². The minimum atomic E-state index is 0.00333. The zero-order chi connectivity index (χ0) is 15.9. The second-order valence-electron chi connectivity index (χ2n) is 6.25. The molecule has 0 radical (unpaired) electrons. The number of nitrogens with one attached hydrogen (secondary N) is 1. The summed E-state index contributed by atoms with van der Waals surface area (Å²) in [6, 6.07) is 5.83. The highest BCUT2D eigenvalue weighted by Gasteiger charge is 2.18. The Kier molecular flexibility index (Phi) is 6.69. The number of methoxy groups -OCH3 is 1. The monoisotopic (exact) mass is 293 g/mol. The molecular weight excluding hydrogens is 266 g/mol. The lowest BCUT2D eigenvalue weighted by Gasteiger charge is -2.24. The van der Waals surface area contributed by atoms with Crippen LogP contribution in [0.3, 0.4) is 0 Å². The number of rotatable bonds is 8. The van der Waals surface area contributed by atoms with Crippen LogP contribution in [0.25, 0.3) is 0 Å². The van der Waals surface area contributed by atoms with E-state index >= 15 is 0 Å². The molecule has 0 spiro atoms. The highest BCUT2D eigenvalue weighted by molar-refractivity contribution is 5.78. The van der Waals surface area contributed by atoms with E-state index in [-0.39, 0.29) is 17.9 Å². The van der Waals surface area contributed by atoms with E-state index in [2.05, 4.69) is 19.2 Å². The number of carbonyl (C=O) groups is 1. The normalized spacial score (nSPS) is 11.3. The van der Waals surface area contributed by atoms with Gasteiger partial charge in [0.2, 0.25) is 5.91 Å². The molecule has 0 aliphatic rings. The fourth-order valence-corrected chi connectivity index (χ4v) is 2.21. The number of benzene rings is 1. The first kappa shape index (κ1) is 17.5.